The highest BCUT2D eigenvalue weighted by Crippen LogP contribution is 2.44. The summed E-state index contributed by atoms with van der Waals surface area (Å²) in [5.41, 5.74) is 4.19. The lowest BCUT2D eigenvalue weighted by Crippen LogP contribution is -2.26. The predicted molar refractivity (Wildman–Crippen MR) is 139 cm³/mol. The van der Waals surface area contributed by atoms with Crippen molar-refractivity contribution < 1.29 is 4.79 Å². The average Bonchev–Trinajstić information content (AvgIpc) is 3.36. The number of nitriles is 1. The first kappa shape index (κ1) is 24.5. The van der Waals surface area contributed by atoms with E-state index < -0.39 is 0 Å². The highest BCUT2D eigenvalue weighted by molar-refractivity contribution is 7.99. The van der Waals surface area contributed by atoms with Crippen LogP contribution in [0.25, 0.3) is 11.4 Å². The van der Waals surface area contributed by atoms with Crippen LogP contribution < -0.4 is 5.32 Å². The summed E-state index contributed by atoms with van der Waals surface area (Å²) >= 11 is 2.94. The lowest BCUT2D eigenvalue weighted by Gasteiger charge is -2.33. The first-order chi connectivity index (χ1) is 16.2. The van der Waals surface area contributed by atoms with Gasteiger partial charge in [0, 0.05) is 17.0 Å². The maximum Gasteiger partial charge on any atom is 0.235 e. The molecule has 0 spiro atoms. The van der Waals surface area contributed by atoms with Crippen LogP contribution in [0, 0.1) is 29.6 Å². The highest BCUT2D eigenvalue weighted by Gasteiger charge is 2.32. The van der Waals surface area contributed by atoms with Gasteiger partial charge in [0.1, 0.15) is 11.1 Å². The number of nitrogens with one attached hydrogen (secondary N) is 1. The lowest BCUT2D eigenvalue weighted by atomic mass is 9.72. The molecule has 2 heterocycles. The van der Waals surface area contributed by atoms with Crippen molar-refractivity contribution in [2.75, 3.05) is 11.1 Å². The van der Waals surface area contributed by atoms with Crippen LogP contribution in [0.15, 0.2) is 29.4 Å². The molecule has 1 aliphatic rings. The Bertz CT molecular complexity index is 1250. The molecule has 1 aliphatic carbocycles. The topological polar surface area (TPSA) is 83.6 Å². The summed E-state index contributed by atoms with van der Waals surface area (Å²) in [7, 11) is 0. The molecule has 3 aromatic rings. The molecule has 8 heteroatoms. The minimum Gasteiger partial charge on any atom is -0.316 e. The SMILES string of the molecule is CCn1c(SCC(=O)Nc2sc3c(c2C#N)CCC(C(C)(C)C)C3)nnc1-c1ccccc1C. The Morgan fingerprint density at radius 1 is 1.32 bits per heavy atom. The molecule has 178 valence electrons. The van der Waals surface area contributed by atoms with E-state index in [9.17, 15) is 10.1 Å². The van der Waals surface area contributed by atoms with Gasteiger partial charge >= 0.3 is 0 Å². The number of hydrogen-bond acceptors (Lipinski definition) is 6. The number of anilines is 1. The maximum atomic E-state index is 12.8. The fourth-order valence-corrected chi connectivity index (χ4v) is 6.62. The molecule has 0 bridgehead atoms. The fraction of sp³-hybridized carbons (Fsp3) is 0.462. The summed E-state index contributed by atoms with van der Waals surface area (Å²) in [6.07, 6.45) is 2.97. The number of nitrogens with zero attached hydrogens (tertiary/aromatic N) is 4. The molecular weight excluding hydrogens is 462 g/mol. The standard InChI is InChI=1S/C26H31N5OS2/c1-6-31-23(18-10-8-7-9-16(18)2)29-30-25(31)33-15-22(32)28-24-20(14-27)19-12-11-17(26(3,4)5)13-21(19)34-24/h7-10,17H,6,11-13,15H2,1-5H3,(H,28,32). The monoisotopic (exact) mass is 493 g/mol. The first-order valence-electron chi connectivity index (χ1n) is 11.7. The van der Waals surface area contributed by atoms with E-state index in [1.165, 1.54) is 16.6 Å². The Hall–Kier alpha value is -2.63. The van der Waals surface area contributed by atoms with Crippen molar-refractivity contribution in [3.8, 4) is 17.5 Å². The zero-order valence-electron chi connectivity index (χ0n) is 20.4. The van der Waals surface area contributed by atoms with Crippen LogP contribution >= 0.6 is 23.1 Å². The van der Waals surface area contributed by atoms with Crippen LogP contribution in [0.1, 0.15) is 55.7 Å². The number of benzene rings is 1. The average molecular weight is 494 g/mol. The second kappa shape index (κ2) is 9.93. The normalized spacial score (nSPS) is 15.6. The van der Waals surface area contributed by atoms with E-state index in [2.05, 4.69) is 62.3 Å². The summed E-state index contributed by atoms with van der Waals surface area (Å²) in [5, 5.41) is 22.9. The van der Waals surface area contributed by atoms with E-state index in [1.807, 2.05) is 22.8 Å². The van der Waals surface area contributed by atoms with Crippen LogP contribution in [0.3, 0.4) is 0 Å². The van der Waals surface area contributed by atoms with E-state index in [1.54, 1.807) is 11.3 Å². The van der Waals surface area contributed by atoms with Gasteiger partial charge in [-0.05, 0) is 55.6 Å². The van der Waals surface area contributed by atoms with Gasteiger partial charge in [-0.2, -0.15) is 5.26 Å². The third-order valence-electron chi connectivity index (χ3n) is 6.61. The molecule has 6 nitrogen and oxygen atoms in total. The van der Waals surface area contributed by atoms with Gasteiger partial charge in [0.25, 0.3) is 0 Å². The molecule has 1 atom stereocenters. The minimum absolute atomic E-state index is 0.129. The van der Waals surface area contributed by atoms with Gasteiger partial charge in [0.05, 0.1) is 11.3 Å². The van der Waals surface area contributed by atoms with Gasteiger partial charge in [-0.25, -0.2) is 0 Å². The van der Waals surface area contributed by atoms with E-state index in [4.69, 9.17) is 0 Å². The molecule has 0 fully saturated rings. The van der Waals surface area contributed by atoms with Crippen molar-refractivity contribution in [1.82, 2.24) is 14.8 Å². The van der Waals surface area contributed by atoms with Crippen molar-refractivity contribution in [3.05, 3.63) is 45.8 Å². The van der Waals surface area contributed by atoms with Gasteiger partial charge in [-0.1, -0.05) is 56.8 Å². The predicted octanol–water partition coefficient (Wildman–Crippen LogP) is 6.09. The van der Waals surface area contributed by atoms with E-state index in [0.29, 0.717) is 23.0 Å². The Balaban J connectivity index is 1.46. The fourth-order valence-electron chi connectivity index (χ4n) is 4.53. The van der Waals surface area contributed by atoms with Gasteiger partial charge in [-0.3, -0.25) is 4.79 Å². The van der Waals surface area contributed by atoms with Crippen LogP contribution in [0.4, 0.5) is 5.00 Å². The quantitative estimate of drug-likeness (QED) is 0.420. The molecule has 34 heavy (non-hydrogen) atoms. The molecular formula is C26H31N5OS2. The van der Waals surface area contributed by atoms with Crippen LogP contribution in [-0.2, 0) is 24.2 Å². The second-order valence-electron chi connectivity index (χ2n) is 9.83. The third-order valence-corrected chi connectivity index (χ3v) is 8.74. The van der Waals surface area contributed by atoms with Gasteiger partial charge in [-0.15, -0.1) is 21.5 Å². The molecule has 1 unspecified atom stereocenters. The van der Waals surface area contributed by atoms with Crippen molar-refractivity contribution >= 4 is 34.0 Å². The number of rotatable bonds is 6. The van der Waals surface area contributed by atoms with Crippen LogP contribution in [-0.4, -0.2) is 26.4 Å². The van der Waals surface area contributed by atoms with Crippen molar-refractivity contribution in [2.45, 2.75) is 65.6 Å². The van der Waals surface area contributed by atoms with E-state index in [0.717, 1.165) is 46.9 Å². The van der Waals surface area contributed by atoms with Crippen molar-refractivity contribution in [1.29, 1.82) is 5.26 Å². The number of carbonyl (C=O) groups is 1. The molecule has 1 N–H and O–H groups in total. The van der Waals surface area contributed by atoms with Gasteiger partial charge < -0.3 is 9.88 Å². The Morgan fingerprint density at radius 2 is 2.09 bits per heavy atom. The molecule has 0 saturated heterocycles. The lowest BCUT2D eigenvalue weighted by molar-refractivity contribution is -0.113. The number of carbonyl (C=O) groups excluding carboxylic acids is 1. The molecule has 0 radical (unpaired) electrons. The van der Waals surface area contributed by atoms with Crippen LogP contribution in [0.5, 0.6) is 0 Å². The maximum absolute atomic E-state index is 12.8. The smallest absolute Gasteiger partial charge is 0.235 e. The van der Waals surface area contributed by atoms with Gasteiger partial charge in [0.15, 0.2) is 11.0 Å². The summed E-state index contributed by atoms with van der Waals surface area (Å²) in [5.74, 6) is 1.49. The number of thioether (sulfide) groups is 1. The Labute approximate surface area is 209 Å². The number of hydrogen-bond donors (Lipinski definition) is 1. The first-order valence-corrected chi connectivity index (χ1v) is 13.5. The number of amides is 1. The molecule has 1 amide bonds. The Kier molecular flexibility index (Phi) is 7.15. The summed E-state index contributed by atoms with van der Waals surface area (Å²) in [4.78, 5) is 14.1. The Morgan fingerprint density at radius 3 is 2.76 bits per heavy atom. The largest absolute Gasteiger partial charge is 0.316 e. The number of aromatic nitrogens is 3. The van der Waals surface area contributed by atoms with E-state index >= 15 is 0 Å². The van der Waals surface area contributed by atoms with Crippen molar-refractivity contribution in [2.24, 2.45) is 11.3 Å². The number of thiophene rings is 1. The zero-order chi connectivity index (χ0) is 24.5. The zero-order valence-corrected chi connectivity index (χ0v) is 22.1. The molecule has 2 aromatic heterocycles. The molecule has 4 rings (SSSR count). The highest BCUT2D eigenvalue weighted by atomic mass is 32.2. The van der Waals surface area contributed by atoms with Crippen LogP contribution in [0.2, 0.25) is 0 Å². The molecule has 0 aliphatic heterocycles. The summed E-state index contributed by atoms with van der Waals surface area (Å²) < 4.78 is 2.04. The third kappa shape index (κ3) is 4.91. The molecule has 1 aromatic carbocycles. The van der Waals surface area contributed by atoms with E-state index in [-0.39, 0.29) is 17.1 Å². The number of fused-ring (bicyclic) bond motifs is 1. The minimum atomic E-state index is -0.129. The summed E-state index contributed by atoms with van der Waals surface area (Å²) in [6.45, 7) is 11.7. The number of aryl methyl sites for hydroxylation is 1. The van der Waals surface area contributed by atoms with Crippen molar-refractivity contribution in [3.63, 3.8) is 0 Å². The molecule has 0 saturated carbocycles. The summed E-state index contributed by atoms with van der Waals surface area (Å²) in [6, 6.07) is 10.4. The van der Waals surface area contributed by atoms with Gasteiger partial charge in [0.2, 0.25) is 5.91 Å². The second-order valence-corrected chi connectivity index (χ2v) is 11.9.